The van der Waals surface area contributed by atoms with Gasteiger partial charge in [-0.05, 0) is 43.9 Å². The monoisotopic (exact) mass is 248 g/mol. The summed E-state index contributed by atoms with van der Waals surface area (Å²) in [4.78, 5) is 23.0. The Balaban J connectivity index is 2.22. The van der Waals surface area contributed by atoms with E-state index in [1.807, 2.05) is 0 Å². The van der Waals surface area contributed by atoms with Gasteiger partial charge in [-0.2, -0.15) is 0 Å². The van der Waals surface area contributed by atoms with Crippen molar-refractivity contribution in [2.24, 2.45) is 5.73 Å². The van der Waals surface area contributed by atoms with Crippen LogP contribution in [0.4, 0.5) is 5.69 Å². The Morgan fingerprint density at radius 1 is 1.39 bits per heavy atom. The summed E-state index contributed by atoms with van der Waals surface area (Å²) in [6, 6.07) is 4.80. The van der Waals surface area contributed by atoms with Crippen LogP contribution >= 0.6 is 0 Å². The number of aromatic carboxylic acids is 1. The Kier molecular flexibility index (Phi) is 3.09. The van der Waals surface area contributed by atoms with Crippen molar-refractivity contribution < 1.29 is 14.7 Å². The molecule has 0 bridgehead atoms. The van der Waals surface area contributed by atoms with Gasteiger partial charge in [0, 0.05) is 5.69 Å². The van der Waals surface area contributed by atoms with Crippen LogP contribution < -0.4 is 11.1 Å². The molecule has 1 aliphatic rings. The fourth-order valence-corrected chi connectivity index (χ4v) is 2.03. The van der Waals surface area contributed by atoms with Crippen molar-refractivity contribution in [3.8, 4) is 0 Å². The molecule has 0 spiro atoms. The normalized spacial score (nSPS) is 16.8. The molecule has 1 aromatic carbocycles. The van der Waals surface area contributed by atoms with Crippen molar-refractivity contribution in [1.82, 2.24) is 0 Å². The molecule has 0 unspecified atom stereocenters. The van der Waals surface area contributed by atoms with Gasteiger partial charge in [0.05, 0.1) is 11.1 Å². The maximum Gasteiger partial charge on any atom is 0.336 e. The molecule has 1 saturated carbocycles. The number of carbonyl (C=O) groups is 2. The average Bonchev–Trinajstić information content (AvgIpc) is 2.28. The van der Waals surface area contributed by atoms with Crippen molar-refractivity contribution >= 4 is 17.6 Å². The molecule has 18 heavy (non-hydrogen) atoms. The molecule has 96 valence electrons. The van der Waals surface area contributed by atoms with E-state index in [9.17, 15) is 9.59 Å². The van der Waals surface area contributed by atoms with Gasteiger partial charge in [-0.3, -0.25) is 4.79 Å². The first-order valence-electron chi connectivity index (χ1n) is 5.87. The van der Waals surface area contributed by atoms with E-state index in [4.69, 9.17) is 10.8 Å². The predicted octanol–water partition coefficient (Wildman–Crippen LogP) is 1.51. The van der Waals surface area contributed by atoms with Crippen LogP contribution in [-0.2, 0) is 4.79 Å². The molecule has 1 fully saturated rings. The Hall–Kier alpha value is -1.88. The number of carboxylic acid groups (broad SMARTS) is 1. The minimum atomic E-state index is -1.00. The third-order valence-electron chi connectivity index (χ3n) is 3.51. The average molecular weight is 248 g/mol. The van der Waals surface area contributed by atoms with E-state index in [1.54, 1.807) is 19.1 Å². The smallest absolute Gasteiger partial charge is 0.336 e. The van der Waals surface area contributed by atoms with E-state index < -0.39 is 11.5 Å². The maximum atomic E-state index is 12.0. The van der Waals surface area contributed by atoms with Crippen LogP contribution in [0.2, 0.25) is 0 Å². The minimum absolute atomic E-state index is 0.187. The van der Waals surface area contributed by atoms with Crippen molar-refractivity contribution in [2.75, 3.05) is 5.32 Å². The lowest BCUT2D eigenvalue weighted by atomic mass is 9.77. The highest BCUT2D eigenvalue weighted by Crippen LogP contribution is 2.31. The zero-order valence-electron chi connectivity index (χ0n) is 10.2. The predicted molar refractivity (Wildman–Crippen MR) is 67.5 cm³/mol. The van der Waals surface area contributed by atoms with E-state index in [1.165, 1.54) is 6.07 Å². The van der Waals surface area contributed by atoms with Gasteiger partial charge in [0.2, 0.25) is 5.91 Å². The van der Waals surface area contributed by atoms with Gasteiger partial charge in [-0.25, -0.2) is 4.79 Å². The first-order valence-corrected chi connectivity index (χ1v) is 5.87. The molecule has 1 amide bonds. The van der Waals surface area contributed by atoms with Gasteiger partial charge < -0.3 is 16.2 Å². The molecule has 0 saturated heterocycles. The van der Waals surface area contributed by atoms with Gasteiger partial charge in [-0.15, -0.1) is 0 Å². The van der Waals surface area contributed by atoms with E-state index in [-0.39, 0.29) is 11.5 Å². The first-order chi connectivity index (χ1) is 8.44. The molecule has 5 heteroatoms. The number of anilines is 1. The fourth-order valence-electron chi connectivity index (χ4n) is 2.03. The van der Waals surface area contributed by atoms with Gasteiger partial charge >= 0.3 is 5.97 Å². The summed E-state index contributed by atoms with van der Waals surface area (Å²) in [5, 5.41) is 11.7. The van der Waals surface area contributed by atoms with Gasteiger partial charge in [0.1, 0.15) is 0 Å². The summed E-state index contributed by atoms with van der Waals surface area (Å²) in [6.07, 6.45) is 2.31. The second-order valence-electron chi connectivity index (χ2n) is 4.75. The quantitative estimate of drug-likeness (QED) is 0.756. The number of benzene rings is 1. The van der Waals surface area contributed by atoms with Crippen LogP contribution in [0.5, 0.6) is 0 Å². The third kappa shape index (κ3) is 2.09. The molecule has 0 atom stereocenters. The summed E-state index contributed by atoms with van der Waals surface area (Å²) >= 11 is 0. The van der Waals surface area contributed by atoms with Gasteiger partial charge in [0.25, 0.3) is 0 Å². The molecule has 5 nitrogen and oxygen atoms in total. The highest BCUT2D eigenvalue weighted by molar-refractivity contribution is 6.00. The van der Waals surface area contributed by atoms with Crippen molar-refractivity contribution in [3.05, 3.63) is 29.3 Å². The van der Waals surface area contributed by atoms with Crippen LogP contribution in [0.25, 0.3) is 0 Å². The number of hydrogen-bond donors (Lipinski definition) is 3. The van der Waals surface area contributed by atoms with Crippen molar-refractivity contribution in [3.63, 3.8) is 0 Å². The molecule has 0 aromatic heterocycles. The Bertz CT molecular complexity index is 507. The molecular weight excluding hydrogens is 232 g/mol. The lowest BCUT2D eigenvalue weighted by molar-refractivity contribution is -0.123. The minimum Gasteiger partial charge on any atom is -0.478 e. The summed E-state index contributed by atoms with van der Waals surface area (Å²) in [7, 11) is 0. The number of nitrogens with two attached hydrogens (primary N) is 1. The summed E-state index contributed by atoms with van der Waals surface area (Å²) in [5.74, 6) is -1.24. The molecule has 0 aliphatic heterocycles. The molecule has 1 aromatic rings. The standard InChI is InChI=1S/C13H16N2O3/c1-8-9(11(16)17)4-2-5-10(8)15-12(18)13(14)6-3-7-13/h2,4-5H,3,6-7,14H2,1H3,(H,15,18)(H,16,17). The summed E-state index contributed by atoms with van der Waals surface area (Å²) < 4.78 is 0. The molecule has 0 heterocycles. The van der Waals surface area contributed by atoms with E-state index in [0.29, 0.717) is 24.1 Å². The number of carbonyl (C=O) groups excluding carboxylic acids is 1. The lowest BCUT2D eigenvalue weighted by Gasteiger charge is -2.36. The van der Waals surface area contributed by atoms with Crippen LogP contribution in [-0.4, -0.2) is 22.5 Å². The highest BCUT2D eigenvalue weighted by Gasteiger charge is 2.40. The topological polar surface area (TPSA) is 92.4 Å². The Morgan fingerprint density at radius 2 is 2.06 bits per heavy atom. The number of nitrogens with one attached hydrogen (secondary N) is 1. The first kappa shape index (κ1) is 12.6. The maximum absolute atomic E-state index is 12.0. The fraction of sp³-hybridized carbons (Fsp3) is 0.385. The molecule has 2 rings (SSSR count). The Morgan fingerprint density at radius 3 is 2.56 bits per heavy atom. The SMILES string of the molecule is Cc1c(NC(=O)C2(N)CCC2)cccc1C(=O)O. The number of amides is 1. The molecule has 1 aliphatic carbocycles. The Labute approximate surface area is 105 Å². The third-order valence-corrected chi connectivity index (χ3v) is 3.51. The van der Waals surface area contributed by atoms with Crippen molar-refractivity contribution in [1.29, 1.82) is 0 Å². The lowest BCUT2D eigenvalue weighted by Crippen LogP contribution is -2.56. The number of carboxylic acids is 1. The summed E-state index contributed by atoms with van der Waals surface area (Å²) in [5.41, 5.74) is 6.37. The second kappa shape index (κ2) is 4.42. The van der Waals surface area contributed by atoms with E-state index in [0.717, 1.165) is 6.42 Å². The molecule has 0 radical (unpaired) electrons. The highest BCUT2D eigenvalue weighted by atomic mass is 16.4. The van der Waals surface area contributed by atoms with Crippen LogP contribution in [0.3, 0.4) is 0 Å². The second-order valence-corrected chi connectivity index (χ2v) is 4.75. The summed E-state index contributed by atoms with van der Waals surface area (Å²) in [6.45, 7) is 1.67. The number of rotatable bonds is 3. The van der Waals surface area contributed by atoms with Crippen LogP contribution in [0.15, 0.2) is 18.2 Å². The molecule has 4 N–H and O–H groups in total. The zero-order valence-corrected chi connectivity index (χ0v) is 10.2. The molecular formula is C13H16N2O3. The van der Waals surface area contributed by atoms with Crippen LogP contribution in [0.1, 0.15) is 35.2 Å². The van der Waals surface area contributed by atoms with Gasteiger partial charge in [0.15, 0.2) is 0 Å². The van der Waals surface area contributed by atoms with Gasteiger partial charge in [-0.1, -0.05) is 6.07 Å². The van der Waals surface area contributed by atoms with Crippen LogP contribution in [0, 0.1) is 6.92 Å². The van der Waals surface area contributed by atoms with Crippen molar-refractivity contribution in [2.45, 2.75) is 31.7 Å². The zero-order chi connectivity index (χ0) is 13.3. The van der Waals surface area contributed by atoms with E-state index >= 15 is 0 Å². The number of hydrogen-bond acceptors (Lipinski definition) is 3. The van der Waals surface area contributed by atoms with E-state index in [2.05, 4.69) is 5.32 Å². The largest absolute Gasteiger partial charge is 0.478 e.